The molecule has 0 bridgehead atoms. The molecule has 1 aromatic rings. The SMILES string of the molecule is CSCC(C)N(C)c1cc(Cl)ccc1CC(C)N. The van der Waals surface area contributed by atoms with Crippen molar-refractivity contribution in [1.29, 1.82) is 0 Å². The molecular weight excluding hydrogens is 264 g/mol. The van der Waals surface area contributed by atoms with Crippen molar-refractivity contribution in [1.82, 2.24) is 0 Å². The first kappa shape index (κ1) is 15.7. The van der Waals surface area contributed by atoms with Gasteiger partial charge in [0.05, 0.1) is 0 Å². The largest absolute Gasteiger partial charge is 0.371 e. The second kappa shape index (κ2) is 7.27. The topological polar surface area (TPSA) is 29.3 Å². The average molecular weight is 287 g/mol. The Balaban J connectivity index is 3.00. The Hall–Kier alpha value is -0.380. The Labute approximate surface area is 120 Å². The molecule has 0 aliphatic heterocycles. The minimum atomic E-state index is 0.161. The van der Waals surface area contributed by atoms with E-state index in [0.29, 0.717) is 6.04 Å². The predicted octanol–water partition coefficient (Wildman–Crippen LogP) is 3.42. The van der Waals surface area contributed by atoms with Crippen molar-refractivity contribution < 1.29 is 0 Å². The lowest BCUT2D eigenvalue weighted by atomic mass is 10.0. The van der Waals surface area contributed by atoms with Crippen molar-refractivity contribution in [3.05, 3.63) is 28.8 Å². The van der Waals surface area contributed by atoms with Gasteiger partial charge in [-0.3, -0.25) is 0 Å². The summed E-state index contributed by atoms with van der Waals surface area (Å²) in [6.07, 6.45) is 3.01. The number of hydrogen-bond acceptors (Lipinski definition) is 3. The lowest BCUT2D eigenvalue weighted by Gasteiger charge is -2.29. The molecule has 1 aromatic carbocycles. The molecule has 2 nitrogen and oxygen atoms in total. The molecule has 0 aromatic heterocycles. The van der Waals surface area contributed by atoms with Crippen molar-refractivity contribution >= 4 is 29.1 Å². The Morgan fingerprint density at radius 1 is 1.39 bits per heavy atom. The molecule has 0 amide bonds. The standard InChI is InChI=1S/C14H23ClN2S/c1-10(16)7-12-5-6-13(15)8-14(12)17(3)11(2)9-18-4/h5-6,8,10-11H,7,9,16H2,1-4H3. The van der Waals surface area contributed by atoms with Crippen molar-refractivity contribution in [2.75, 3.05) is 24.0 Å². The molecular formula is C14H23ClN2S. The van der Waals surface area contributed by atoms with Gasteiger partial charge in [0.1, 0.15) is 0 Å². The highest BCUT2D eigenvalue weighted by Crippen LogP contribution is 2.27. The van der Waals surface area contributed by atoms with Crippen LogP contribution in [0, 0.1) is 0 Å². The van der Waals surface area contributed by atoms with E-state index >= 15 is 0 Å². The van der Waals surface area contributed by atoms with Crippen LogP contribution in [-0.2, 0) is 6.42 Å². The van der Waals surface area contributed by atoms with Gasteiger partial charge in [-0.1, -0.05) is 17.7 Å². The van der Waals surface area contributed by atoms with E-state index in [0.717, 1.165) is 17.2 Å². The molecule has 18 heavy (non-hydrogen) atoms. The van der Waals surface area contributed by atoms with E-state index in [1.807, 2.05) is 30.8 Å². The van der Waals surface area contributed by atoms with Crippen LogP contribution in [0.4, 0.5) is 5.69 Å². The predicted molar refractivity (Wildman–Crippen MR) is 85.1 cm³/mol. The summed E-state index contributed by atoms with van der Waals surface area (Å²) in [6.45, 7) is 4.26. The van der Waals surface area contributed by atoms with E-state index in [1.165, 1.54) is 11.3 Å². The monoisotopic (exact) mass is 286 g/mol. The van der Waals surface area contributed by atoms with Crippen LogP contribution in [0.25, 0.3) is 0 Å². The molecule has 102 valence electrons. The molecule has 2 unspecified atom stereocenters. The molecule has 0 saturated heterocycles. The van der Waals surface area contributed by atoms with Gasteiger partial charge in [0, 0.05) is 35.6 Å². The lowest BCUT2D eigenvalue weighted by molar-refractivity contribution is 0.720. The molecule has 0 aliphatic rings. The summed E-state index contributed by atoms with van der Waals surface area (Å²) in [5, 5.41) is 0.779. The van der Waals surface area contributed by atoms with E-state index in [2.05, 4.69) is 31.2 Å². The van der Waals surface area contributed by atoms with Crippen molar-refractivity contribution in [3.8, 4) is 0 Å². The van der Waals surface area contributed by atoms with Crippen molar-refractivity contribution in [2.45, 2.75) is 32.4 Å². The smallest absolute Gasteiger partial charge is 0.0426 e. The van der Waals surface area contributed by atoms with Gasteiger partial charge in [0.25, 0.3) is 0 Å². The van der Waals surface area contributed by atoms with Crippen LogP contribution in [0.15, 0.2) is 18.2 Å². The van der Waals surface area contributed by atoms with E-state index in [9.17, 15) is 0 Å². The molecule has 0 spiro atoms. The molecule has 4 heteroatoms. The van der Waals surface area contributed by atoms with Crippen LogP contribution in [0.2, 0.25) is 5.02 Å². The Bertz CT molecular complexity index is 382. The van der Waals surface area contributed by atoms with Crippen LogP contribution in [-0.4, -0.2) is 31.1 Å². The highest BCUT2D eigenvalue weighted by atomic mass is 35.5. The van der Waals surface area contributed by atoms with E-state index < -0.39 is 0 Å². The van der Waals surface area contributed by atoms with Gasteiger partial charge in [-0.2, -0.15) is 11.8 Å². The van der Waals surface area contributed by atoms with Crippen LogP contribution < -0.4 is 10.6 Å². The number of hydrogen-bond donors (Lipinski definition) is 1. The quantitative estimate of drug-likeness (QED) is 0.869. The molecule has 0 aliphatic carbocycles. The first-order chi connectivity index (χ1) is 8.45. The zero-order valence-corrected chi connectivity index (χ0v) is 13.2. The highest BCUT2D eigenvalue weighted by molar-refractivity contribution is 7.98. The fraction of sp³-hybridized carbons (Fsp3) is 0.571. The summed E-state index contributed by atoms with van der Waals surface area (Å²) in [5.41, 5.74) is 8.37. The Kier molecular flexibility index (Phi) is 6.33. The molecule has 2 N–H and O–H groups in total. The molecule has 0 saturated carbocycles. The fourth-order valence-electron chi connectivity index (χ4n) is 1.98. The minimum Gasteiger partial charge on any atom is -0.371 e. The fourth-order valence-corrected chi connectivity index (χ4v) is 2.85. The second-order valence-corrected chi connectivity index (χ2v) is 6.22. The summed E-state index contributed by atoms with van der Waals surface area (Å²) in [7, 11) is 2.12. The highest BCUT2D eigenvalue weighted by Gasteiger charge is 2.14. The summed E-state index contributed by atoms with van der Waals surface area (Å²) in [5.74, 6) is 1.10. The van der Waals surface area contributed by atoms with Crippen LogP contribution in [0.3, 0.4) is 0 Å². The maximum atomic E-state index is 6.12. The lowest BCUT2D eigenvalue weighted by Crippen LogP contribution is -2.32. The van der Waals surface area contributed by atoms with Gasteiger partial charge >= 0.3 is 0 Å². The number of thioether (sulfide) groups is 1. The summed E-state index contributed by atoms with van der Waals surface area (Å²) >= 11 is 7.97. The number of rotatable bonds is 6. The van der Waals surface area contributed by atoms with Gasteiger partial charge in [0.2, 0.25) is 0 Å². The number of halogens is 1. The van der Waals surface area contributed by atoms with E-state index in [-0.39, 0.29) is 6.04 Å². The zero-order valence-electron chi connectivity index (χ0n) is 11.6. The number of nitrogens with zero attached hydrogens (tertiary/aromatic N) is 1. The van der Waals surface area contributed by atoms with Crippen molar-refractivity contribution in [2.24, 2.45) is 5.73 Å². The molecule has 0 fully saturated rings. The Morgan fingerprint density at radius 3 is 2.61 bits per heavy atom. The number of nitrogens with two attached hydrogens (primary N) is 1. The van der Waals surface area contributed by atoms with Crippen LogP contribution in [0.5, 0.6) is 0 Å². The molecule has 1 rings (SSSR count). The molecule has 2 atom stereocenters. The molecule has 0 radical (unpaired) electrons. The first-order valence-electron chi connectivity index (χ1n) is 6.21. The Morgan fingerprint density at radius 2 is 2.06 bits per heavy atom. The third kappa shape index (κ3) is 4.38. The van der Waals surface area contributed by atoms with Gasteiger partial charge < -0.3 is 10.6 Å². The second-order valence-electron chi connectivity index (χ2n) is 4.87. The molecule has 0 heterocycles. The van der Waals surface area contributed by atoms with Crippen molar-refractivity contribution in [3.63, 3.8) is 0 Å². The summed E-state index contributed by atoms with van der Waals surface area (Å²) < 4.78 is 0. The van der Waals surface area contributed by atoms with Gasteiger partial charge in [0.15, 0.2) is 0 Å². The zero-order chi connectivity index (χ0) is 13.7. The summed E-state index contributed by atoms with van der Waals surface area (Å²) in [6, 6.07) is 6.70. The summed E-state index contributed by atoms with van der Waals surface area (Å²) in [4.78, 5) is 2.29. The maximum absolute atomic E-state index is 6.12. The van der Waals surface area contributed by atoms with Crippen LogP contribution >= 0.6 is 23.4 Å². The van der Waals surface area contributed by atoms with Gasteiger partial charge in [-0.05, 0) is 44.2 Å². The van der Waals surface area contributed by atoms with Crippen LogP contribution in [0.1, 0.15) is 19.4 Å². The number of benzene rings is 1. The third-order valence-electron chi connectivity index (χ3n) is 3.04. The maximum Gasteiger partial charge on any atom is 0.0426 e. The average Bonchev–Trinajstić information content (AvgIpc) is 2.30. The van der Waals surface area contributed by atoms with E-state index in [1.54, 1.807) is 0 Å². The normalized spacial score (nSPS) is 14.3. The minimum absolute atomic E-state index is 0.161. The van der Waals surface area contributed by atoms with Gasteiger partial charge in [-0.25, -0.2) is 0 Å². The third-order valence-corrected chi connectivity index (χ3v) is 4.09. The van der Waals surface area contributed by atoms with Gasteiger partial charge in [-0.15, -0.1) is 0 Å². The number of anilines is 1. The van der Waals surface area contributed by atoms with E-state index in [4.69, 9.17) is 17.3 Å². The first-order valence-corrected chi connectivity index (χ1v) is 7.98.